The number of ether oxygens (including phenoxy) is 3. The Morgan fingerprint density at radius 2 is 1.65 bits per heavy atom. The van der Waals surface area contributed by atoms with E-state index < -0.39 is 0 Å². The van der Waals surface area contributed by atoms with E-state index in [4.69, 9.17) is 14.2 Å². The van der Waals surface area contributed by atoms with E-state index >= 15 is 0 Å². The van der Waals surface area contributed by atoms with Crippen molar-refractivity contribution in [2.45, 2.75) is 0 Å². The molecule has 0 aromatic heterocycles. The summed E-state index contributed by atoms with van der Waals surface area (Å²) in [5.41, 5.74) is 0.381. The summed E-state index contributed by atoms with van der Waals surface area (Å²) in [6, 6.07) is 3.11. The highest BCUT2D eigenvalue weighted by Crippen LogP contribution is 2.38. The summed E-state index contributed by atoms with van der Waals surface area (Å²) >= 11 is 2.88. The van der Waals surface area contributed by atoms with Gasteiger partial charge >= 0.3 is 0 Å². The van der Waals surface area contributed by atoms with E-state index in [-0.39, 0.29) is 5.78 Å². The van der Waals surface area contributed by atoms with Crippen molar-refractivity contribution in [3.8, 4) is 28.0 Å². The van der Waals surface area contributed by atoms with Gasteiger partial charge in [0, 0.05) is 21.5 Å². The van der Waals surface area contributed by atoms with Crippen LogP contribution in [0.3, 0.4) is 0 Å². The van der Waals surface area contributed by atoms with Gasteiger partial charge in [0.25, 0.3) is 0 Å². The van der Waals surface area contributed by atoms with Crippen LogP contribution in [0, 0.1) is 10.8 Å². The van der Waals surface area contributed by atoms with Gasteiger partial charge in [0.1, 0.15) is 0 Å². The number of carbonyl (C=O) groups excluding carboxylic acids is 1. The number of carbonyl (C=O) groups is 1. The molecule has 5 heteroatoms. The summed E-state index contributed by atoms with van der Waals surface area (Å²) in [5, 5.41) is 0. The molecule has 0 spiro atoms. The van der Waals surface area contributed by atoms with Gasteiger partial charge in [-0.05, 0) is 22.9 Å². The van der Waals surface area contributed by atoms with E-state index in [1.807, 2.05) is 0 Å². The molecule has 1 rings (SSSR count). The molecule has 1 aromatic rings. The highest BCUT2D eigenvalue weighted by atomic mass is 79.9. The number of ketones is 1. The minimum atomic E-state index is -0.332. The van der Waals surface area contributed by atoms with Crippen LogP contribution in [-0.2, 0) is 0 Å². The number of hydrogen-bond acceptors (Lipinski definition) is 4. The molecule has 0 saturated heterocycles. The topological polar surface area (TPSA) is 44.8 Å². The minimum Gasteiger partial charge on any atom is -0.493 e. The smallest absolute Gasteiger partial charge is 0.237 e. The maximum absolute atomic E-state index is 11.6. The van der Waals surface area contributed by atoms with Gasteiger partial charge in [0.15, 0.2) is 11.5 Å². The van der Waals surface area contributed by atoms with Crippen molar-refractivity contribution in [1.29, 1.82) is 0 Å². The number of halogens is 1. The molecule has 0 aliphatic rings. The third-order valence-electron chi connectivity index (χ3n) is 2.09. The Hall–Kier alpha value is -1.67. The summed E-state index contributed by atoms with van der Waals surface area (Å²) in [6.07, 6.45) is 0. The Kier molecular flexibility index (Phi) is 4.85. The maximum Gasteiger partial charge on any atom is 0.237 e. The second kappa shape index (κ2) is 6.16. The Morgan fingerprint density at radius 1 is 1.12 bits per heavy atom. The third-order valence-corrected chi connectivity index (χ3v) is 2.29. The fourth-order valence-corrected chi connectivity index (χ4v) is 1.51. The highest BCUT2D eigenvalue weighted by Gasteiger charge is 2.15. The lowest BCUT2D eigenvalue weighted by molar-refractivity contribution is 0.105. The van der Waals surface area contributed by atoms with Gasteiger partial charge in [-0.3, -0.25) is 4.79 Å². The molecule has 0 amide bonds. The van der Waals surface area contributed by atoms with Gasteiger partial charge in [0.2, 0.25) is 11.5 Å². The monoisotopic (exact) mass is 298 g/mol. The zero-order valence-electron chi connectivity index (χ0n) is 9.67. The first-order valence-corrected chi connectivity index (χ1v) is 5.43. The summed E-state index contributed by atoms with van der Waals surface area (Å²) in [5.74, 6) is 3.33. The summed E-state index contributed by atoms with van der Waals surface area (Å²) in [7, 11) is 4.48. The number of Topliss-reactive ketones (excluding diaryl/α,β-unsaturated/α-hetero) is 1. The number of methoxy groups -OCH3 is 3. The van der Waals surface area contributed by atoms with E-state index in [0.717, 1.165) is 0 Å². The van der Waals surface area contributed by atoms with Crippen molar-refractivity contribution in [2.24, 2.45) is 0 Å². The van der Waals surface area contributed by atoms with Gasteiger partial charge in [-0.1, -0.05) is 0 Å². The fourth-order valence-electron chi connectivity index (χ4n) is 1.33. The zero-order chi connectivity index (χ0) is 12.8. The van der Waals surface area contributed by atoms with Crippen molar-refractivity contribution in [3.05, 3.63) is 17.7 Å². The average molecular weight is 299 g/mol. The second-order valence-corrected chi connectivity index (χ2v) is 3.36. The first-order valence-electron chi connectivity index (χ1n) is 4.63. The van der Waals surface area contributed by atoms with E-state index in [9.17, 15) is 4.79 Å². The van der Waals surface area contributed by atoms with Crippen LogP contribution in [-0.4, -0.2) is 27.1 Å². The largest absolute Gasteiger partial charge is 0.493 e. The predicted molar refractivity (Wildman–Crippen MR) is 67.1 cm³/mol. The fraction of sp³-hybridized carbons (Fsp3) is 0.250. The van der Waals surface area contributed by atoms with Crippen LogP contribution in [0.4, 0.5) is 0 Å². The predicted octanol–water partition coefficient (Wildman–Crippen LogP) is 2.25. The number of hydrogen-bond donors (Lipinski definition) is 0. The first kappa shape index (κ1) is 13.4. The van der Waals surface area contributed by atoms with Crippen LogP contribution in [0.1, 0.15) is 10.4 Å². The van der Waals surface area contributed by atoms with Crippen LogP contribution in [0.2, 0.25) is 0 Å². The van der Waals surface area contributed by atoms with Crippen LogP contribution in [0.15, 0.2) is 12.1 Å². The molecule has 0 aliphatic carbocycles. The standard InChI is InChI=1S/C12H11BrO4/c1-15-10-6-8(9(14)4-5-13)7-11(16-2)12(10)17-3/h6-7H,1-3H3. The van der Waals surface area contributed by atoms with Crippen molar-refractivity contribution in [2.75, 3.05) is 21.3 Å². The molecule has 0 fully saturated rings. The molecule has 0 radical (unpaired) electrons. The molecule has 0 bridgehead atoms. The Bertz CT molecular complexity index is 460. The Morgan fingerprint density at radius 3 is 2.00 bits per heavy atom. The van der Waals surface area contributed by atoms with Crippen molar-refractivity contribution >= 4 is 21.7 Å². The molecule has 90 valence electrons. The van der Waals surface area contributed by atoms with Crippen LogP contribution in [0.25, 0.3) is 0 Å². The normalized spacial score (nSPS) is 8.94. The van der Waals surface area contributed by atoms with Gasteiger partial charge in [-0.2, -0.15) is 0 Å². The van der Waals surface area contributed by atoms with Crippen molar-refractivity contribution in [3.63, 3.8) is 0 Å². The SMILES string of the molecule is COc1cc(C(=O)C#CBr)cc(OC)c1OC. The zero-order valence-corrected chi connectivity index (χ0v) is 11.3. The van der Waals surface area contributed by atoms with Gasteiger partial charge in [-0.25, -0.2) is 0 Å². The van der Waals surface area contributed by atoms with Crippen LogP contribution in [0.5, 0.6) is 17.2 Å². The summed E-state index contributed by atoms with van der Waals surface area (Å²) in [6.45, 7) is 0. The molecular weight excluding hydrogens is 288 g/mol. The quantitative estimate of drug-likeness (QED) is 0.632. The lowest BCUT2D eigenvalue weighted by Gasteiger charge is -2.12. The molecule has 0 heterocycles. The van der Waals surface area contributed by atoms with Gasteiger partial charge in [-0.15, -0.1) is 0 Å². The molecule has 4 nitrogen and oxygen atoms in total. The molecule has 0 N–H and O–H groups in total. The van der Waals surface area contributed by atoms with Crippen molar-refractivity contribution in [1.82, 2.24) is 0 Å². The highest BCUT2D eigenvalue weighted by molar-refractivity contribution is 9.12. The molecule has 1 aromatic carbocycles. The summed E-state index contributed by atoms with van der Waals surface area (Å²) < 4.78 is 15.4. The van der Waals surface area contributed by atoms with E-state index in [2.05, 4.69) is 26.7 Å². The van der Waals surface area contributed by atoms with Gasteiger partial charge in [0.05, 0.1) is 21.3 Å². The lowest BCUT2D eigenvalue weighted by Crippen LogP contribution is -2.00. The van der Waals surface area contributed by atoms with Gasteiger partial charge < -0.3 is 14.2 Å². The Balaban J connectivity index is 3.35. The van der Waals surface area contributed by atoms with E-state index in [1.54, 1.807) is 12.1 Å². The average Bonchev–Trinajstić information content (AvgIpc) is 2.37. The van der Waals surface area contributed by atoms with E-state index in [0.29, 0.717) is 22.8 Å². The molecule has 0 unspecified atom stereocenters. The molecule has 0 atom stereocenters. The third kappa shape index (κ3) is 2.92. The second-order valence-electron chi connectivity index (χ2n) is 2.96. The van der Waals surface area contributed by atoms with E-state index in [1.165, 1.54) is 21.3 Å². The minimum absolute atomic E-state index is 0.332. The van der Waals surface area contributed by atoms with Crippen molar-refractivity contribution < 1.29 is 19.0 Å². The van der Waals surface area contributed by atoms with Crippen LogP contribution >= 0.6 is 15.9 Å². The summed E-state index contributed by atoms with van der Waals surface area (Å²) in [4.78, 5) is 14.0. The maximum atomic E-state index is 11.6. The number of benzene rings is 1. The first-order chi connectivity index (χ1) is 8.17. The molecule has 0 aliphatic heterocycles. The Labute approximate surface area is 108 Å². The molecular formula is C12H11BrO4. The molecule has 0 saturated carbocycles. The molecule has 17 heavy (non-hydrogen) atoms. The number of rotatable bonds is 4. The van der Waals surface area contributed by atoms with Crippen LogP contribution < -0.4 is 14.2 Å². The lowest BCUT2D eigenvalue weighted by atomic mass is 10.1.